The number of hydrogen-bond acceptors (Lipinski definition) is 2. The number of halogens is 11. The van der Waals surface area contributed by atoms with E-state index in [4.69, 9.17) is 0 Å². The minimum Gasteiger partial charge on any atom is -0.487 e. The molecule has 3 rings (SSSR count). The standard InChI is InChI=1S/C25H17F11O2/c1-2-7-37-23-21(30)19(28)15(20(29)22(23)31)4-3-14-16(25(34,35)36)5-6-17(38-24(32)33)18(14)11-8-12(26)10-13(27)9-11/h5-6,8-10,24H,2-4,7H2,1H3. The highest BCUT2D eigenvalue weighted by molar-refractivity contribution is 5.76. The zero-order chi connectivity index (χ0) is 28.4. The summed E-state index contributed by atoms with van der Waals surface area (Å²) in [7, 11) is 0. The lowest BCUT2D eigenvalue weighted by Crippen LogP contribution is -2.15. The van der Waals surface area contributed by atoms with Gasteiger partial charge in [0.15, 0.2) is 17.4 Å². The van der Waals surface area contributed by atoms with Crippen molar-refractivity contribution in [1.29, 1.82) is 0 Å². The van der Waals surface area contributed by atoms with Crippen LogP contribution >= 0.6 is 0 Å². The maximum atomic E-state index is 14.6. The van der Waals surface area contributed by atoms with E-state index in [9.17, 15) is 48.3 Å². The third-order valence-corrected chi connectivity index (χ3v) is 5.34. The summed E-state index contributed by atoms with van der Waals surface area (Å²) in [5.41, 5.74) is -5.31. The lowest BCUT2D eigenvalue weighted by molar-refractivity contribution is -0.138. The Hall–Kier alpha value is -3.51. The SMILES string of the molecule is CCCOc1c(F)c(F)c(CCc2c(C(F)(F)F)ccc(OC(F)F)c2-c2cc(F)cc(F)c2)c(F)c1F. The lowest BCUT2D eigenvalue weighted by Gasteiger charge is -2.21. The molecule has 0 aromatic heterocycles. The van der Waals surface area contributed by atoms with Crippen molar-refractivity contribution in [2.75, 3.05) is 6.61 Å². The third-order valence-electron chi connectivity index (χ3n) is 5.34. The van der Waals surface area contributed by atoms with E-state index in [1.807, 2.05) is 0 Å². The van der Waals surface area contributed by atoms with Crippen LogP contribution in [0.4, 0.5) is 48.3 Å². The fourth-order valence-electron chi connectivity index (χ4n) is 3.82. The van der Waals surface area contributed by atoms with Gasteiger partial charge in [0.2, 0.25) is 11.6 Å². The molecule has 0 N–H and O–H groups in total. The quantitative estimate of drug-likeness (QED) is 0.194. The molecule has 0 aliphatic carbocycles. The van der Waals surface area contributed by atoms with Crippen molar-refractivity contribution >= 4 is 0 Å². The minimum atomic E-state index is -5.19. The minimum absolute atomic E-state index is 0.227. The molecule has 0 atom stereocenters. The van der Waals surface area contributed by atoms with Gasteiger partial charge in [0.1, 0.15) is 17.4 Å². The Morgan fingerprint density at radius 3 is 1.82 bits per heavy atom. The Balaban J connectivity index is 2.22. The topological polar surface area (TPSA) is 18.5 Å². The molecule has 0 aliphatic heterocycles. The molecule has 38 heavy (non-hydrogen) atoms. The zero-order valence-electron chi connectivity index (χ0n) is 19.3. The van der Waals surface area contributed by atoms with E-state index in [0.717, 1.165) is 0 Å². The first-order chi connectivity index (χ1) is 17.8. The third kappa shape index (κ3) is 6.13. The molecule has 13 heteroatoms. The van der Waals surface area contributed by atoms with E-state index in [0.29, 0.717) is 30.3 Å². The van der Waals surface area contributed by atoms with E-state index in [1.165, 1.54) is 0 Å². The first kappa shape index (κ1) is 29.1. The Bertz CT molecular complexity index is 1270. The molecule has 0 unspecified atom stereocenters. The fourth-order valence-corrected chi connectivity index (χ4v) is 3.82. The average molecular weight is 558 g/mol. The van der Waals surface area contributed by atoms with Gasteiger partial charge in [0.05, 0.1) is 12.2 Å². The summed E-state index contributed by atoms with van der Waals surface area (Å²) in [5, 5.41) is 0. The van der Waals surface area contributed by atoms with Crippen LogP contribution in [0.3, 0.4) is 0 Å². The maximum Gasteiger partial charge on any atom is 0.416 e. The molecule has 206 valence electrons. The summed E-state index contributed by atoms with van der Waals surface area (Å²) in [6.45, 7) is -2.33. The van der Waals surface area contributed by atoms with Crippen LogP contribution in [0.2, 0.25) is 0 Å². The van der Waals surface area contributed by atoms with E-state index >= 15 is 0 Å². The second-order valence-electron chi connectivity index (χ2n) is 7.91. The van der Waals surface area contributed by atoms with Crippen molar-refractivity contribution in [2.45, 2.75) is 39.0 Å². The molecule has 2 nitrogen and oxygen atoms in total. The molecule has 3 aromatic carbocycles. The van der Waals surface area contributed by atoms with Gasteiger partial charge in [-0.15, -0.1) is 0 Å². The highest BCUT2D eigenvalue weighted by Gasteiger charge is 2.36. The van der Waals surface area contributed by atoms with Crippen molar-refractivity contribution in [3.63, 3.8) is 0 Å². The van der Waals surface area contributed by atoms with Gasteiger partial charge in [-0.1, -0.05) is 6.92 Å². The van der Waals surface area contributed by atoms with Crippen LogP contribution in [0.25, 0.3) is 11.1 Å². The van der Waals surface area contributed by atoms with E-state index in [2.05, 4.69) is 9.47 Å². The number of ether oxygens (including phenoxy) is 2. The molecular formula is C25H17F11O2. The van der Waals surface area contributed by atoms with Crippen LogP contribution in [-0.2, 0) is 19.0 Å². The Morgan fingerprint density at radius 2 is 1.32 bits per heavy atom. The zero-order valence-corrected chi connectivity index (χ0v) is 19.3. The molecule has 0 aliphatic rings. The van der Waals surface area contributed by atoms with Crippen molar-refractivity contribution in [3.05, 3.63) is 81.9 Å². The summed E-state index contributed by atoms with van der Waals surface area (Å²) >= 11 is 0. The van der Waals surface area contributed by atoms with Crippen LogP contribution in [0.5, 0.6) is 11.5 Å². The predicted octanol–water partition coefficient (Wildman–Crippen LogP) is 8.38. The van der Waals surface area contributed by atoms with Crippen molar-refractivity contribution in [3.8, 4) is 22.6 Å². The van der Waals surface area contributed by atoms with Crippen LogP contribution in [0.15, 0.2) is 30.3 Å². The van der Waals surface area contributed by atoms with E-state index in [1.54, 1.807) is 6.92 Å². The van der Waals surface area contributed by atoms with Gasteiger partial charge in [-0.2, -0.15) is 30.7 Å². The van der Waals surface area contributed by atoms with Crippen LogP contribution < -0.4 is 9.47 Å². The summed E-state index contributed by atoms with van der Waals surface area (Å²) in [5.74, 6) is -12.6. The molecular weight excluding hydrogens is 541 g/mol. The normalized spacial score (nSPS) is 11.8. The van der Waals surface area contributed by atoms with E-state index in [-0.39, 0.29) is 13.0 Å². The summed E-state index contributed by atoms with van der Waals surface area (Å²) < 4.78 is 162. The molecule has 0 saturated carbocycles. The Kier molecular flexibility index (Phi) is 8.78. The Morgan fingerprint density at radius 1 is 0.763 bits per heavy atom. The monoisotopic (exact) mass is 558 g/mol. The lowest BCUT2D eigenvalue weighted by atomic mass is 9.89. The van der Waals surface area contributed by atoms with Gasteiger partial charge in [0, 0.05) is 17.2 Å². The van der Waals surface area contributed by atoms with Gasteiger partial charge >= 0.3 is 12.8 Å². The smallest absolute Gasteiger partial charge is 0.416 e. The molecule has 0 saturated heterocycles. The van der Waals surface area contributed by atoms with Crippen LogP contribution in [-0.4, -0.2) is 13.2 Å². The molecule has 0 heterocycles. The van der Waals surface area contributed by atoms with Crippen molar-refractivity contribution in [1.82, 2.24) is 0 Å². The average Bonchev–Trinajstić information content (AvgIpc) is 2.81. The predicted molar refractivity (Wildman–Crippen MR) is 113 cm³/mol. The van der Waals surface area contributed by atoms with Crippen molar-refractivity contribution in [2.24, 2.45) is 0 Å². The summed E-state index contributed by atoms with van der Waals surface area (Å²) in [6.07, 6.45) is -7.15. The molecule has 0 fully saturated rings. The Labute approximate surface area is 208 Å². The molecule has 3 aromatic rings. The van der Waals surface area contributed by atoms with Gasteiger partial charge in [0.25, 0.3) is 0 Å². The van der Waals surface area contributed by atoms with Crippen molar-refractivity contribution < 1.29 is 57.8 Å². The highest BCUT2D eigenvalue weighted by atomic mass is 19.4. The summed E-state index contributed by atoms with van der Waals surface area (Å²) in [4.78, 5) is 0. The second-order valence-corrected chi connectivity index (χ2v) is 7.91. The largest absolute Gasteiger partial charge is 0.487 e. The molecule has 0 radical (unpaired) electrons. The van der Waals surface area contributed by atoms with Crippen LogP contribution in [0, 0.1) is 34.9 Å². The van der Waals surface area contributed by atoms with Gasteiger partial charge < -0.3 is 9.47 Å². The first-order valence-electron chi connectivity index (χ1n) is 10.9. The number of alkyl halides is 5. The van der Waals surface area contributed by atoms with Crippen LogP contribution in [0.1, 0.15) is 30.0 Å². The maximum absolute atomic E-state index is 14.6. The highest BCUT2D eigenvalue weighted by Crippen LogP contribution is 2.43. The molecule has 0 spiro atoms. The first-order valence-corrected chi connectivity index (χ1v) is 10.9. The fraction of sp³-hybridized carbons (Fsp3) is 0.280. The number of benzene rings is 3. The van der Waals surface area contributed by atoms with E-state index < -0.39 is 99.8 Å². The number of rotatable bonds is 9. The number of hydrogen-bond donors (Lipinski definition) is 0. The van der Waals surface area contributed by atoms with Gasteiger partial charge in [-0.25, -0.2) is 17.6 Å². The van der Waals surface area contributed by atoms with Gasteiger partial charge in [-0.05, 0) is 54.7 Å². The second kappa shape index (κ2) is 11.5. The molecule has 0 bridgehead atoms. The summed E-state index contributed by atoms with van der Waals surface area (Å²) in [6, 6.07) is 2.23. The van der Waals surface area contributed by atoms with Gasteiger partial charge in [-0.3, -0.25) is 0 Å². The molecule has 0 amide bonds.